The van der Waals surface area contributed by atoms with E-state index in [1.165, 1.54) is 0 Å². The fourth-order valence-corrected chi connectivity index (χ4v) is 4.51. The number of hydrogen-bond acceptors (Lipinski definition) is 4. The van der Waals surface area contributed by atoms with Gasteiger partial charge in [0.1, 0.15) is 0 Å². The summed E-state index contributed by atoms with van der Waals surface area (Å²) in [7, 11) is 4.02. The first-order chi connectivity index (χ1) is 14.9. The topological polar surface area (TPSA) is 61.9 Å². The van der Waals surface area contributed by atoms with Crippen LogP contribution in [-0.2, 0) is 20.9 Å². The zero-order valence-corrected chi connectivity index (χ0v) is 19.7. The third-order valence-electron chi connectivity index (χ3n) is 6.76. The summed E-state index contributed by atoms with van der Waals surface area (Å²) in [6, 6.07) is 6.04. The lowest BCUT2D eigenvalue weighted by molar-refractivity contribution is -0.138. The highest BCUT2D eigenvalue weighted by Gasteiger charge is 2.28. The van der Waals surface area contributed by atoms with Crippen LogP contribution in [0.3, 0.4) is 0 Å². The van der Waals surface area contributed by atoms with Crippen molar-refractivity contribution in [3.05, 3.63) is 23.8 Å². The smallest absolute Gasteiger partial charge is 0.227 e. The molecule has 0 aromatic heterocycles. The molecule has 2 amide bonds. The van der Waals surface area contributed by atoms with E-state index in [1.807, 2.05) is 37.2 Å². The maximum Gasteiger partial charge on any atom is 0.227 e. The van der Waals surface area contributed by atoms with Gasteiger partial charge in [-0.15, -0.1) is 0 Å². The molecule has 2 fully saturated rings. The molecule has 0 radical (unpaired) electrons. The molecule has 3 rings (SSSR count). The summed E-state index contributed by atoms with van der Waals surface area (Å²) in [5, 5.41) is 3.09. The lowest BCUT2D eigenvalue weighted by Crippen LogP contribution is -2.40. The van der Waals surface area contributed by atoms with E-state index in [1.54, 1.807) is 0 Å². The Hall–Kier alpha value is -2.08. The maximum atomic E-state index is 13.4. The molecular weight excluding hydrogens is 390 g/mol. The second kappa shape index (κ2) is 11.0. The van der Waals surface area contributed by atoms with Crippen molar-refractivity contribution < 1.29 is 14.3 Å². The van der Waals surface area contributed by atoms with Crippen molar-refractivity contribution in [1.29, 1.82) is 0 Å². The molecule has 1 saturated carbocycles. The zero-order chi connectivity index (χ0) is 22.4. The van der Waals surface area contributed by atoms with Gasteiger partial charge in [-0.3, -0.25) is 9.59 Å². The summed E-state index contributed by atoms with van der Waals surface area (Å²) in [6.45, 7) is 6.09. The van der Waals surface area contributed by atoms with E-state index in [2.05, 4.69) is 24.1 Å². The fraction of sp³-hybridized carbons (Fsp3) is 0.680. The standard InChI is InChI=1S/C25H39N3O3/c1-5-18(6-2)25(30)28(17-22-11-8-14-31-22)16-20-15-21(12-13-23(20)27(3)4)26-24(29)19-9-7-10-19/h12-13,15,18-19,22H,5-11,14,16-17H2,1-4H3,(H,26,29)/t22-/m0/s1. The summed E-state index contributed by atoms with van der Waals surface area (Å²) in [6.07, 6.45) is 6.96. The van der Waals surface area contributed by atoms with E-state index in [0.717, 1.165) is 68.5 Å². The first kappa shape index (κ1) is 23.6. The molecule has 1 aliphatic carbocycles. The second-order valence-corrected chi connectivity index (χ2v) is 9.22. The molecule has 1 aromatic carbocycles. The highest BCUT2D eigenvalue weighted by atomic mass is 16.5. The van der Waals surface area contributed by atoms with E-state index in [-0.39, 0.29) is 29.8 Å². The summed E-state index contributed by atoms with van der Waals surface area (Å²) in [5.41, 5.74) is 2.93. The van der Waals surface area contributed by atoms with Gasteiger partial charge in [-0.2, -0.15) is 0 Å². The maximum absolute atomic E-state index is 13.4. The number of ether oxygens (including phenoxy) is 1. The number of carbonyl (C=O) groups excluding carboxylic acids is 2. The average molecular weight is 430 g/mol. The predicted octanol–water partition coefficient (Wildman–Crippen LogP) is 4.44. The summed E-state index contributed by atoms with van der Waals surface area (Å²) < 4.78 is 5.86. The van der Waals surface area contributed by atoms with Crippen LogP contribution in [0.5, 0.6) is 0 Å². The van der Waals surface area contributed by atoms with Gasteiger partial charge in [-0.25, -0.2) is 0 Å². The first-order valence-electron chi connectivity index (χ1n) is 11.9. The lowest BCUT2D eigenvalue weighted by Gasteiger charge is -2.31. The third kappa shape index (κ3) is 6.00. The van der Waals surface area contributed by atoms with Gasteiger partial charge in [-0.1, -0.05) is 20.3 Å². The number of nitrogens with zero attached hydrogens (tertiary/aromatic N) is 2. The molecule has 2 aliphatic rings. The number of rotatable bonds is 10. The van der Waals surface area contributed by atoms with Crippen LogP contribution in [0.25, 0.3) is 0 Å². The molecule has 1 aromatic rings. The summed E-state index contributed by atoms with van der Waals surface area (Å²) >= 11 is 0. The van der Waals surface area contributed by atoms with Gasteiger partial charge in [-0.05, 0) is 62.3 Å². The molecule has 172 valence electrons. The summed E-state index contributed by atoms with van der Waals surface area (Å²) in [5.74, 6) is 0.489. The number of anilines is 2. The van der Waals surface area contributed by atoms with E-state index in [4.69, 9.17) is 4.74 Å². The molecule has 1 heterocycles. The molecule has 1 aliphatic heterocycles. The summed E-state index contributed by atoms with van der Waals surface area (Å²) in [4.78, 5) is 29.9. The highest BCUT2D eigenvalue weighted by Crippen LogP contribution is 2.30. The van der Waals surface area contributed by atoms with Gasteiger partial charge in [0.2, 0.25) is 11.8 Å². The van der Waals surface area contributed by atoms with Crippen molar-refractivity contribution in [3.63, 3.8) is 0 Å². The lowest BCUT2D eigenvalue weighted by atomic mass is 9.85. The molecule has 31 heavy (non-hydrogen) atoms. The van der Waals surface area contributed by atoms with Crippen LogP contribution in [0.2, 0.25) is 0 Å². The van der Waals surface area contributed by atoms with Crippen LogP contribution >= 0.6 is 0 Å². The van der Waals surface area contributed by atoms with Gasteiger partial charge >= 0.3 is 0 Å². The van der Waals surface area contributed by atoms with E-state index in [0.29, 0.717) is 13.1 Å². The third-order valence-corrected chi connectivity index (χ3v) is 6.76. The molecular formula is C25H39N3O3. The van der Waals surface area contributed by atoms with Crippen LogP contribution in [0, 0.1) is 11.8 Å². The van der Waals surface area contributed by atoms with E-state index >= 15 is 0 Å². The number of amides is 2. The van der Waals surface area contributed by atoms with Gasteiger partial charge in [0.15, 0.2) is 0 Å². The van der Waals surface area contributed by atoms with Crippen LogP contribution in [0.15, 0.2) is 18.2 Å². The van der Waals surface area contributed by atoms with Crippen molar-refractivity contribution in [1.82, 2.24) is 4.90 Å². The minimum Gasteiger partial charge on any atom is -0.377 e. The monoisotopic (exact) mass is 429 g/mol. The molecule has 0 bridgehead atoms. The van der Waals surface area contributed by atoms with Gasteiger partial charge in [0.05, 0.1) is 6.10 Å². The molecule has 0 spiro atoms. The molecule has 0 unspecified atom stereocenters. The number of carbonyl (C=O) groups is 2. The predicted molar refractivity (Wildman–Crippen MR) is 125 cm³/mol. The minimum absolute atomic E-state index is 0.0331. The normalized spacial score (nSPS) is 18.7. The Morgan fingerprint density at radius 1 is 1.13 bits per heavy atom. The van der Waals surface area contributed by atoms with Gasteiger partial charge < -0.3 is 19.9 Å². The Morgan fingerprint density at radius 2 is 1.87 bits per heavy atom. The van der Waals surface area contributed by atoms with Gasteiger partial charge in [0, 0.05) is 57.0 Å². The highest BCUT2D eigenvalue weighted by molar-refractivity contribution is 5.93. The Kier molecular flexibility index (Phi) is 8.35. The second-order valence-electron chi connectivity index (χ2n) is 9.22. The minimum atomic E-state index is 0.0331. The average Bonchev–Trinajstić information content (AvgIpc) is 3.20. The first-order valence-corrected chi connectivity index (χ1v) is 11.9. The van der Waals surface area contributed by atoms with E-state index in [9.17, 15) is 9.59 Å². The molecule has 1 saturated heterocycles. The zero-order valence-electron chi connectivity index (χ0n) is 19.7. The van der Waals surface area contributed by atoms with Crippen LogP contribution in [0.1, 0.15) is 64.4 Å². The van der Waals surface area contributed by atoms with Gasteiger partial charge in [0.25, 0.3) is 0 Å². The SMILES string of the molecule is CCC(CC)C(=O)N(Cc1cc(NC(=O)C2CCC2)ccc1N(C)C)C[C@@H]1CCCO1. The number of nitrogens with one attached hydrogen (secondary N) is 1. The van der Waals surface area contributed by atoms with Crippen molar-refractivity contribution in [3.8, 4) is 0 Å². The Bertz CT molecular complexity index is 750. The van der Waals surface area contributed by atoms with Crippen LogP contribution < -0.4 is 10.2 Å². The van der Waals surface area contributed by atoms with Crippen molar-refractivity contribution in [2.75, 3.05) is 37.5 Å². The Labute approximate surface area is 187 Å². The van der Waals surface area contributed by atoms with Crippen LogP contribution in [-0.4, -0.2) is 50.1 Å². The molecule has 6 nitrogen and oxygen atoms in total. The largest absolute Gasteiger partial charge is 0.377 e. The number of benzene rings is 1. The van der Waals surface area contributed by atoms with Crippen LogP contribution in [0.4, 0.5) is 11.4 Å². The molecule has 6 heteroatoms. The number of hydrogen-bond donors (Lipinski definition) is 1. The quantitative estimate of drug-likeness (QED) is 0.597. The molecule has 1 N–H and O–H groups in total. The molecule has 1 atom stereocenters. The Morgan fingerprint density at radius 3 is 2.42 bits per heavy atom. The van der Waals surface area contributed by atoms with Crippen molar-refractivity contribution >= 4 is 23.2 Å². The fourth-order valence-electron chi connectivity index (χ4n) is 4.51. The van der Waals surface area contributed by atoms with Crippen molar-refractivity contribution in [2.45, 2.75) is 71.4 Å². The van der Waals surface area contributed by atoms with Crippen molar-refractivity contribution in [2.24, 2.45) is 11.8 Å². The Balaban J connectivity index is 1.83. The van der Waals surface area contributed by atoms with E-state index < -0.39 is 0 Å².